The molecule has 49 heavy (non-hydrogen) atoms. The van der Waals surface area contributed by atoms with Gasteiger partial charge in [-0.3, -0.25) is 9.59 Å². The van der Waals surface area contributed by atoms with E-state index in [0.29, 0.717) is 19.3 Å². The number of nitrogens with one attached hydrogen (secondary N) is 1. The molecule has 13 heteroatoms. The van der Waals surface area contributed by atoms with Gasteiger partial charge in [0.1, 0.15) is 23.6 Å². The minimum Gasteiger partial charge on any atom is -0.459 e. The molecule has 3 aliphatic rings. The molecule has 3 heterocycles. The molecule has 0 saturated carbocycles. The van der Waals surface area contributed by atoms with Crippen LogP contribution in [-0.2, 0) is 38.0 Å². The summed E-state index contributed by atoms with van der Waals surface area (Å²) in [6, 6.07) is -0.348. The van der Waals surface area contributed by atoms with Gasteiger partial charge in [-0.05, 0) is 67.9 Å². The van der Waals surface area contributed by atoms with Crippen molar-refractivity contribution < 1.29 is 58.4 Å². The number of ether oxygens (including phenoxy) is 6. The van der Waals surface area contributed by atoms with Crippen LogP contribution >= 0.6 is 0 Å². The summed E-state index contributed by atoms with van der Waals surface area (Å²) in [5, 5.41) is 49.6. The van der Waals surface area contributed by atoms with E-state index in [1.54, 1.807) is 48.8 Å². The van der Waals surface area contributed by atoms with Crippen molar-refractivity contribution in [1.82, 2.24) is 5.32 Å². The molecule has 0 aromatic rings. The van der Waals surface area contributed by atoms with Crippen LogP contribution in [0.2, 0.25) is 0 Å². The summed E-state index contributed by atoms with van der Waals surface area (Å²) in [6.45, 7) is 17.0. The summed E-state index contributed by atoms with van der Waals surface area (Å²) in [7, 11) is 3.37. The zero-order valence-electron chi connectivity index (χ0n) is 31.7. The third-order valence-electron chi connectivity index (χ3n) is 11.3. The number of methoxy groups -OCH3 is 1. The number of esters is 1. The maximum Gasteiger partial charge on any atom is 0.311 e. The van der Waals surface area contributed by atoms with Crippen molar-refractivity contribution in [1.29, 1.82) is 0 Å². The van der Waals surface area contributed by atoms with E-state index in [0.717, 1.165) is 0 Å². The van der Waals surface area contributed by atoms with Gasteiger partial charge in [0.05, 0.1) is 47.6 Å². The van der Waals surface area contributed by atoms with Crippen LogP contribution in [0.4, 0.5) is 0 Å². The van der Waals surface area contributed by atoms with Gasteiger partial charge in [0.25, 0.3) is 0 Å². The lowest BCUT2D eigenvalue weighted by Crippen LogP contribution is -2.60. The van der Waals surface area contributed by atoms with E-state index in [1.165, 1.54) is 13.8 Å². The molecule has 0 radical (unpaired) electrons. The van der Waals surface area contributed by atoms with Crippen molar-refractivity contribution in [3.8, 4) is 0 Å². The number of aliphatic hydroxyl groups is 4. The number of carbonyl (C=O) groups is 2. The summed E-state index contributed by atoms with van der Waals surface area (Å²) in [5.74, 6) is -4.71. The molecule has 3 rings (SSSR count). The largest absolute Gasteiger partial charge is 0.459 e. The van der Waals surface area contributed by atoms with Gasteiger partial charge in [0, 0.05) is 43.7 Å². The Morgan fingerprint density at radius 3 is 2.10 bits per heavy atom. The second kappa shape index (κ2) is 16.6. The third kappa shape index (κ3) is 9.60. The Bertz CT molecular complexity index is 1100. The van der Waals surface area contributed by atoms with E-state index in [2.05, 4.69) is 5.32 Å². The Labute approximate surface area is 292 Å². The SMILES string of the molecule is CC[C@@H]1OC(=O)[C@H](C)[C@@H](O[C@H]2C[C@@](C)(OC)C[C@H](C)O2)[C@@H](C)[C@@H](O[C@@H]2O[C@H](C)C[C@H](NC)[C@H]2O)[C@](C)(O)C[C@@H](C)C(=O)[C@@H](C)[C@@H](O)[C@]1(C)O. The highest BCUT2D eigenvalue weighted by atomic mass is 16.7. The summed E-state index contributed by atoms with van der Waals surface area (Å²) in [4.78, 5) is 27.8. The normalized spacial score (nSPS) is 49.6. The number of cyclic esters (lactones) is 1. The minimum absolute atomic E-state index is 0.102. The molecule has 0 bridgehead atoms. The van der Waals surface area contributed by atoms with Gasteiger partial charge in [-0.25, -0.2) is 0 Å². The molecule has 0 spiro atoms. The predicted octanol–water partition coefficient (Wildman–Crippen LogP) is 2.47. The van der Waals surface area contributed by atoms with Gasteiger partial charge in [-0.2, -0.15) is 0 Å². The number of likely N-dealkylation sites (N-methyl/N-ethyl adjacent to an activating group) is 1. The first-order valence-corrected chi connectivity index (χ1v) is 18.0. The molecule has 0 aromatic carbocycles. The molecule has 0 aromatic heterocycles. The molecular weight excluding hydrogens is 638 g/mol. The van der Waals surface area contributed by atoms with Crippen molar-refractivity contribution in [3.63, 3.8) is 0 Å². The summed E-state index contributed by atoms with van der Waals surface area (Å²) in [5.41, 5.74) is -4.27. The first-order chi connectivity index (χ1) is 22.6. The van der Waals surface area contributed by atoms with E-state index in [-0.39, 0.29) is 36.9 Å². The summed E-state index contributed by atoms with van der Waals surface area (Å²) < 4.78 is 37.3. The third-order valence-corrected chi connectivity index (χ3v) is 11.3. The Kier molecular flexibility index (Phi) is 14.3. The molecule has 3 saturated heterocycles. The average molecular weight is 704 g/mol. The summed E-state index contributed by atoms with van der Waals surface area (Å²) in [6.07, 6.45) is -6.85. The van der Waals surface area contributed by atoms with Crippen LogP contribution in [0.5, 0.6) is 0 Å². The Morgan fingerprint density at radius 1 is 0.898 bits per heavy atom. The summed E-state index contributed by atoms with van der Waals surface area (Å²) >= 11 is 0. The van der Waals surface area contributed by atoms with Crippen molar-refractivity contribution in [2.24, 2.45) is 23.7 Å². The fraction of sp³-hybridized carbons (Fsp3) is 0.944. The van der Waals surface area contributed by atoms with Gasteiger partial charge in [-0.1, -0.05) is 27.7 Å². The Balaban J connectivity index is 2.16. The maximum atomic E-state index is 14.0. The number of hydrogen-bond acceptors (Lipinski definition) is 13. The first kappa shape index (κ1) is 42.2. The molecular formula is C36H65NO12. The van der Waals surface area contributed by atoms with Crippen LogP contribution in [-0.4, -0.2) is 124 Å². The number of carbonyl (C=O) groups excluding carboxylic acids is 2. The van der Waals surface area contributed by atoms with Crippen LogP contribution < -0.4 is 5.32 Å². The number of aliphatic hydroxyl groups excluding tert-OH is 2. The zero-order chi connectivity index (χ0) is 37.2. The van der Waals surface area contributed by atoms with Crippen LogP contribution in [0.3, 0.4) is 0 Å². The topological polar surface area (TPSA) is 182 Å². The molecule has 3 aliphatic heterocycles. The van der Waals surface area contributed by atoms with E-state index in [4.69, 9.17) is 28.4 Å². The minimum atomic E-state index is -1.96. The second-order valence-corrected chi connectivity index (χ2v) is 15.8. The van der Waals surface area contributed by atoms with Gasteiger partial charge in [0.2, 0.25) is 0 Å². The number of hydrogen-bond donors (Lipinski definition) is 5. The zero-order valence-corrected chi connectivity index (χ0v) is 31.7. The smallest absolute Gasteiger partial charge is 0.311 e. The first-order valence-electron chi connectivity index (χ1n) is 18.0. The van der Waals surface area contributed by atoms with Crippen LogP contribution in [0.1, 0.15) is 101 Å². The van der Waals surface area contributed by atoms with E-state index in [1.807, 2.05) is 20.8 Å². The maximum absolute atomic E-state index is 14.0. The molecule has 0 unspecified atom stereocenters. The molecule has 13 nitrogen and oxygen atoms in total. The van der Waals surface area contributed by atoms with Gasteiger partial charge < -0.3 is 54.2 Å². The van der Waals surface area contributed by atoms with Crippen LogP contribution in [0.15, 0.2) is 0 Å². The van der Waals surface area contributed by atoms with Crippen LogP contribution in [0.25, 0.3) is 0 Å². The molecule has 3 fully saturated rings. The standard InChI is InChI=1S/C36H65NO12/c1-13-25-36(10,43)30(40)21(5)27(38)18(2)15-35(9,42)31(49-33-28(39)24(37-11)14-19(3)46-33)22(6)29(23(7)32(41)47-25)48-26-17-34(8,44-12)16-20(4)45-26/h18-26,28-31,33,37,39-40,42-43H,13-17H2,1-12H3/t18-,19-,20+,21-,22-,23-,24+,25+,26+,28-,29+,30-,31-,33+,34+,35-,36-/m1/s1. The molecule has 17 atom stereocenters. The fourth-order valence-electron chi connectivity index (χ4n) is 8.26. The van der Waals surface area contributed by atoms with Gasteiger partial charge in [0.15, 0.2) is 12.6 Å². The average Bonchev–Trinajstić information content (AvgIpc) is 3.02. The van der Waals surface area contributed by atoms with Gasteiger partial charge in [-0.15, -0.1) is 0 Å². The van der Waals surface area contributed by atoms with Crippen molar-refractivity contribution in [2.75, 3.05) is 14.2 Å². The van der Waals surface area contributed by atoms with Crippen molar-refractivity contribution >= 4 is 11.8 Å². The Hall–Kier alpha value is -1.26. The highest BCUT2D eigenvalue weighted by molar-refractivity contribution is 5.83. The highest BCUT2D eigenvalue weighted by Crippen LogP contribution is 2.40. The number of ketones is 1. The number of Topliss-reactive ketones (excluding diaryl/α,β-unsaturated/α-hetero) is 1. The predicted molar refractivity (Wildman–Crippen MR) is 180 cm³/mol. The van der Waals surface area contributed by atoms with E-state index < -0.39 is 89.5 Å². The highest BCUT2D eigenvalue weighted by Gasteiger charge is 2.52. The Morgan fingerprint density at radius 2 is 1.53 bits per heavy atom. The fourth-order valence-corrected chi connectivity index (χ4v) is 8.26. The van der Waals surface area contributed by atoms with Crippen molar-refractivity contribution in [3.05, 3.63) is 0 Å². The molecule has 5 N–H and O–H groups in total. The molecule has 0 amide bonds. The number of rotatable bonds is 7. The second-order valence-electron chi connectivity index (χ2n) is 15.8. The van der Waals surface area contributed by atoms with E-state index in [9.17, 15) is 30.0 Å². The lowest BCUT2D eigenvalue weighted by molar-refractivity contribution is -0.306. The lowest BCUT2D eigenvalue weighted by atomic mass is 9.74. The lowest BCUT2D eigenvalue weighted by Gasteiger charge is -2.48. The quantitative estimate of drug-likeness (QED) is 0.244. The van der Waals surface area contributed by atoms with Crippen molar-refractivity contribution in [2.45, 2.75) is 179 Å². The van der Waals surface area contributed by atoms with E-state index >= 15 is 0 Å². The molecule has 286 valence electrons. The monoisotopic (exact) mass is 703 g/mol. The molecule has 0 aliphatic carbocycles. The van der Waals surface area contributed by atoms with Gasteiger partial charge >= 0.3 is 5.97 Å². The van der Waals surface area contributed by atoms with Crippen LogP contribution in [0, 0.1) is 23.7 Å².